The van der Waals surface area contributed by atoms with Crippen LogP contribution < -0.4 is 0 Å². The van der Waals surface area contributed by atoms with Gasteiger partial charge in [0.05, 0.1) is 6.04 Å². The van der Waals surface area contributed by atoms with Crippen molar-refractivity contribution in [2.45, 2.75) is 39.7 Å². The largest absolute Gasteiger partial charge is 0.354 e. The highest BCUT2D eigenvalue weighted by Gasteiger charge is 2.29. The molecule has 1 aliphatic heterocycles. The normalized spacial score (nSPS) is 18.2. The number of Topliss-reactive ketones (excluding diaryl/α,β-unsaturated/α-hetero) is 1. The molecule has 7 nitrogen and oxygen atoms in total. The van der Waals surface area contributed by atoms with Crippen LogP contribution in [-0.2, 0) is 0 Å². The van der Waals surface area contributed by atoms with Gasteiger partial charge in [0.25, 0.3) is 5.91 Å². The van der Waals surface area contributed by atoms with E-state index in [0.717, 1.165) is 30.6 Å². The summed E-state index contributed by atoms with van der Waals surface area (Å²) in [6.45, 7) is 6.51. The Kier molecular flexibility index (Phi) is 4.02. The number of hydrogen-bond donors (Lipinski definition) is 1. The van der Waals surface area contributed by atoms with E-state index in [4.69, 9.17) is 0 Å². The zero-order valence-electron chi connectivity index (χ0n) is 13.7. The highest BCUT2D eigenvalue weighted by Crippen LogP contribution is 2.24. The molecule has 2 aromatic heterocycles. The third-order valence-electron chi connectivity index (χ3n) is 4.50. The zero-order chi connectivity index (χ0) is 16.6. The van der Waals surface area contributed by atoms with Gasteiger partial charge in [-0.2, -0.15) is 5.10 Å². The van der Waals surface area contributed by atoms with Crippen LogP contribution in [0.1, 0.15) is 57.9 Å². The van der Waals surface area contributed by atoms with Gasteiger partial charge in [-0.3, -0.25) is 9.59 Å². The quantitative estimate of drug-likeness (QED) is 0.877. The van der Waals surface area contributed by atoms with Gasteiger partial charge in [-0.1, -0.05) is 0 Å². The fourth-order valence-corrected chi connectivity index (χ4v) is 3.41. The van der Waals surface area contributed by atoms with Crippen molar-refractivity contribution in [2.24, 2.45) is 0 Å². The predicted molar refractivity (Wildman–Crippen MR) is 84.5 cm³/mol. The molecule has 1 fully saturated rings. The number of H-pyrrole nitrogens is 1. The van der Waals surface area contributed by atoms with E-state index in [2.05, 4.69) is 15.1 Å². The van der Waals surface area contributed by atoms with Crippen molar-refractivity contribution < 1.29 is 9.59 Å². The van der Waals surface area contributed by atoms with Crippen molar-refractivity contribution in [1.82, 2.24) is 24.6 Å². The first kappa shape index (κ1) is 15.5. The van der Waals surface area contributed by atoms with Crippen LogP contribution in [0.3, 0.4) is 0 Å². The average Bonchev–Trinajstić information content (AvgIpc) is 3.15. The van der Waals surface area contributed by atoms with Crippen molar-refractivity contribution >= 4 is 11.7 Å². The van der Waals surface area contributed by atoms with Gasteiger partial charge >= 0.3 is 0 Å². The molecule has 122 valence electrons. The van der Waals surface area contributed by atoms with Crippen LogP contribution >= 0.6 is 0 Å². The Morgan fingerprint density at radius 2 is 2.13 bits per heavy atom. The number of nitrogens with zero attached hydrogens (tertiary/aromatic N) is 4. The molecule has 0 spiro atoms. The molecule has 3 rings (SSSR count). The number of hydrogen-bond acceptors (Lipinski definition) is 4. The van der Waals surface area contributed by atoms with Gasteiger partial charge in [0.2, 0.25) is 0 Å². The standard InChI is InChI=1S/C16H21N5O2/c1-10-14(12(3)22)11(2)19-15(10)16(23)20-6-4-5-13(7-20)21-9-17-8-18-21/h8-9,13,19H,4-7H2,1-3H3/t13-/m1/s1. The van der Waals surface area contributed by atoms with Gasteiger partial charge in [0, 0.05) is 24.3 Å². The number of carbonyl (C=O) groups excluding carboxylic acids is 2. The number of aromatic nitrogens is 4. The Morgan fingerprint density at radius 1 is 1.35 bits per heavy atom. The molecule has 1 amide bonds. The third-order valence-corrected chi connectivity index (χ3v) is 4.50. The second kappa shape index (κ2) is 5.98. The number of aryl methyl sites for hydroxylation is 1. The molecular formula is C16H21N5O2. The smallest absolute Gasteiger partial charge is 0.270 e. The molecule has 0 radical (unpaired) electrons. The van der Waals surface area contributed by atoms with E-state index in [0.29, 0.717) is 17.8 Å². The van der Waals surface area contributed by atoms with Gasteiger partial charge in [-0.25, -0.2) is 9.67 Å². The number of likely N-dealkylation sites (tertiary alicyclic amines) is 1. The summed E-state index contributed by atoms with van der Waals surface area (Å²) in [4.78, 5) is 33.5. The summed E-state index contributed by atoms with van der Waals surface area (Å²) in [6.07, 6.45) is 5.11. The number of piperidine rings is 1. The Morgan fingerprint density at radius 3 is 2.74 bits per heavy atom. The molecule has 3 heterocycles. The Bertz CT molecular complexity index is 732. The van der Waals surface area contributed by atoms with E-state index >= 15 is 0 Å². The Hall–Kier alpha value is -2.44. The highest BCUT2D eigenvalue weighted by molar-refractivity contribution is 6.02. The number of ketones is 1. The van der Waals surface area contributed by atoms with Crippen LogP contribution in [0.15, 0.2) is 12.7 Å². The molecule has 1 saturated heterocycles. The fraction of sp³-hybridized carbons (Fsp3) is 0.500. The van der Waals surface area contributed by atoms with Crippen LogP contribution in [0.25, 0.3) is 0 Å². The number of carbonyl (C=O) groups is 2. The summed E-state index contributed by atoms with van der Waals surface area (Å²) < 4.78 is 1.81. The first-order chi connectivity index (χ1) is 11.0. The van der Waals surface area contributed by atoms with Gasteiger partial charge in [0.1, 0.15) is 18.3 Å². The lowest BCUT2D eigenvalue weighted by Crippen LogP contribution is -2.41. The van der Waals surface area contributed by atoms with E-state index < -0.39 is 0 Å². The minimum atomic E-state index is -0.0529. The van der Waals surface area contributed by atoms with Crippen LogP contribution in [0.4, 0.5) is 0 Å². The Balaban J connectivity index is 1.83. The van der Waals surface area contributed by atoms with Crippen LogP contribution in [0.2, 0.25) is 0 Å². The van der Waals surface area contributed by atoms with Crippen molar-refractivity contribution in [3.05, 3.63) is 35.2 Å². The topological polar surface area (TPSA) is 83.9 Å². The average molecular weight is 315 g/mol. The molecule has 1 atom stereocenters. The SMILES string of the molecule is CC(=O)c1c(C)[nH]c(C(=O)N2CCC[C@@H](n3cncn3)C2)c1C. The molecule has 0 aromatic carbocycles. The molecule has 23 heavy (non-hydrogen) atoms. The third kappa shape index (κ3) is 2.78. The zero-order valence-corrected chi connectivity index (χ0v) is 13.7. The van der Waals surface area contributed by atoms with E-state index in [1.54, 1.807) is 6.33 Å². The maximum absolute atomic E-state index is 12.9. The number of aromatic amines is 1. The lowest BCUT2D eigenvalue weighted by Gasteiger charge is -2.32. The summed E-state index contributed by atoms with van der Waals surface area (Å²) in [6, 6.07) is 0.152. The molecule has 1 aliphatic rings. The molecular weight excluding hydrogens is 294 g/mol. The van der Waals surface area contributed by atoms with Crippen LogP contribution in [0.5, 0.6) is 0 Å². The molecule has 0 saturated carbocycles. The van der Waals surface area contributed by atoms with Gasteiger partial charge in [-0.05, 0) is 39.2 Å². The van der Waals surface area contributed by atoms with Gasteiger partial charge in [0.15, 0.2) is 5.78 Å². The monoisotopic (exact) mass is 315 g/mol. The number of rotatable bonds is 3. The predicted octanol–water partition coefficient (Wildman–Crippen LogP) is 1.90. The molecule has 0 bridgehead atoms. The van der Waals surface area contributed by atoms with E-state index in [-0.39, 0.29) is 17.7 Å². The summed E-state index contributed by atoms with van der Waals surface area (Å²) >= 11 is 0. The van der Waals surface area contributed by atoms with Crippen molar-refractivity contribution in [3.63, 3.8) is 0 Å². The molecule has 0 unspecified atom stereocenters. The molecule has 7 heteroatoms. The lowest BCUT2D eigenvalue weighted by molar-refractivity contribution is 0.0666. The first-order valence-electron chi connectivity index (χ1n) is 7.82. The molecule has 2 aromatic rings. The summed E-state index contributed by atoms with van der Waals surface area (Å²) in [5.41, 5.74) is 2.64. The molecule has 0 aliphatic carbocycles. The summed E-state index contributed by atoms with van der Waals surface area (Å²) in [5, 5.41) is 4.18. The van der Waals surface area contributed by atoms with E-state index in [9.17, 15) is 9.59 Å². The first-order valence-corrected chi connectivity index (χ1v) is 7.82. The van der Waals surface area contributed by atoms with E-state index in [1.807, 2.05) is 23.4 Å². The van der Waals surface area contributed by atoms with Crippen molar-refractivity contribution in [3.8, 4) is 0 Å². The maximum atomic E-state index is 12.9. The summed E-state index contributed by atoms with van der Waals surface area (Å²) in [5.74, 6) is -0.0719. The second-order valence-electron chi connectivity index (χ2n) is 6.10. The lowest BCUT2D eigenvalue weighted by atomic mass is 10.0. The molecule has 1 N–H and O–H groups in total. The minimum absolute atomic E-state index is 0.0190. The van der Waals surface area contributed by atoms with E-state index in [1.165, 1.54) is 13.3 Å². The maximum Gasteiger partial charge on any atom is 0.270 e. The number of nitrogens with one attached hydrogen (secondary N) is 1. The second-order valence-corrected chi connectivity index (χ2v) is 6.10. The van der Waals surface area contributed by atoms with Gasteiger partial charge in [-0.15, -0.1) is 0 Å². The fourth-order valence-electron chi connectivity index (χ4n) is 3.41. The minimum Gasteiger partial charge on any atom is -0.354 e. The van der Waals surface area contributed by atoms with Crippen LogP contribution in [-0.4, -0.2) is 49.4 Å². The highest BCUT2D eigenvalue weighted by atomic mass is 16.2. The summed E-state index contributed by atoms with van der Waals surface area (Å²) in [7, 11) is 0. The number of amides is 1. The van der Waals surface area contributed by atoms with Crippen molar-refractivity contribution in [1.29, 1.82) is 0 Å². The van der Waals surface area contributed by atoms with Crippen LogP contribution in [0, 0.1) is 13.8 Å². The van der Waals surface area contributed by atoms with Crippen molar-refractivity contribution in [2.75, 3.05) is 13.1 Å². The van der Waals surface area contributed by atoms with Gasteiger partial charge < -0.3 is 9.88 Å². The Labute approximate surface area is 134 Å².